The van der Waals surface area contributed by atoms with Gasteiger partial charge in [-0.25, -0.2) is 0 Å². The van der Waals surface area contributed by atoms with Crippen LogP contribution in [0, 0.1) is 0 Å². The van der Waals surface area contributed by atoms with Crippen LogP contribution in [0.1, 0.15) is 11.3 Å². The zero-order valence-electron chi connectivity index (χ0n) is 9.16. The van der Waals surface area contributed by atoms with Crippen molar-refractivity contribution in [2.45, 2.75) is 12.4 Å². The van der Waals surface area contributed by atoms with Crippen molar-refractivity contribution in [2.24, 2.45) is 0 Å². The summed E-state index contributed by atoms with van der Waals surface area (Å²) in [7, 11) is 0. The van der Waals surface area contributed by atoms with E-state index in [0.29, 0.717) is 12.4 Å². The van der Waals surface area contributed by atoms with Crippen molar-refractivity contribution in [1.82, 2.24) is 4.98 Å². The first-order chi connectivity index (χ1) is 8.28. The molecule has 0 radical (unpaired) electrons. The van der Waals surface area contributed by atoms with Crippen LogP contribution >= 0.6 is 27.5 Å². The van der Waals surface area contributed by atoms with Gasteiger partial charge in [0.2, 0.25) is 0 Å². The molecule has 0 amide bonds. The van der Waals surface area contributed by atoms with Gasteiger partial charge in [-0.3, -0.25) is 4.98 Å². The lowest BCUT2D eigenvalue weighted by molar-refractivity contribution is 1.04. The summed E-state index contributed by atoms with van der Waals surface area (Å²) in [5.74, 6) is 0.550. The number of nitrogens with zero attached hydrogens (tertiary/aromatic N) is 1. The van der Waals surface area contributed by atoms with Crippen LogP contribution in [-0.4, -0.2) is 4.98 Å². The fraction of sp³-hybridized carbons (Fsp3) is 0.154. The summed E-state index contributed by atoms with van der Waals surface area (Å²) in [5.41, 5.74) is 3.21. The smallest absolute Gasteiger partial charge is 0.0595 e. The van der Waals surface area contributed by atoms with E-state index in [0.717, 1.165) is 21.4 Å². The minimum Gasteiger partial charge on any atom is -0.379 e. The van der Waals surface area contributed by atoms with Crippen LogP contribution in [-0.2, 0) is 12.4 Å². The summed E-state index contributed by atoms with van der Waals surface area (Å²) in [6.07, 6.45) is 1.80. The molecule has 4 heteroatoms. The summed E-state index contributed by atoms with van der Waals surface area (Å²) in [5, 5.41) is 3.31. The first-order valence-electron chi connectivity index (χ1n) is 5.27. The van der Waals surface area contributed by atoms with Crippen molar-refractivity contribution < 1.29 is 0 Å². The molecule has 0 saturated carbocycles. The van der Waals surface area contributed by atoms with Gasteiger partial charge in [0.1, 0.15) is 0 Å². The van der Waals surface area contributed by atoms with Gasteiger partial charge in [-0.1, -0.05) is 12.1 Å². The quantitative estimate of drug-likeness (QED) is 0.856. The van der Waals surface area contributed by atoms with Crippen molar-refractivity contribution in [3.63, 3.8) is 0 Å². The van der Waals surface area contributed by atoms with E-state index in [1.165, 1.54) is 0 Å². The Labute approximate surface area is 114 Å². The van der Waals surface area contributed by atoms with Gasteiger partial charge in [0.25, 0.3) is 0 Å². The Kier molecular flexibility index (Phi) is 4.40. The topological polar surface area (TPSA) is 24.9 Å². The molecule has 2 aromatic rings. The lowest BCUT2D eigenvalue weighted by Crippen LogP contribution is -2.01. The predicted molar refractivity (Wildman–Crippen MR) is 75.3 cm³/mol. The molecule has 0 aliphatic carbocycles. The number of hydrogen-bond donors (Lipinski definition) is 1. The second-order valence-electron chi connectivity index (χ2n) is 3.65. The Morgan fingerprint density at radius 3 is 2.47 bits per heavy atom. The molecule has 88 valence electrons. The number of aromatic nitrogens is 1. The van der Waals surface area contributed by atoms with E-state index in [1.807, 2.05) is 36.4 Å². The largest absolute Gasteiger partial charge is 0.379 e. The molecule has 0 saturated heterocycles. The molecular formula is C13H12BrClN2. The number of hydrogen-bond acceptors (Lipinski definition) is 2. The Balaban J connectivity index is 1.95. The third-order valence-electron chi connectivity index (χ3n) is 2.37. The highest BCUT2D eigenvalue weighted by Gasteiger charge is 1.96. The predicted octanol–water partition coefficient (Wildman–Crippen LogP) is 4.20. The lowest BCUT2D eigenvalue weighted by Gasteiger charge is -2.06. The second-order valence-corrected chi connectivity index (χ2v) is 4.83. The van der Waals surface area contributed by atoms with Gasteiger partial charge in [0.15, 0.2) is 0 Å². The fourth-order valence-electron chi connectivity index (χ4n) is 1.42. The SMILES string of the molecule is ClCc1ccc(NCc2ccc(Br)cn2)cc1. The summed E-state index contributed by atoms with van der Waals surface area (Å²) in [6, 6.07) is 12.1. The van der Waals surface area contributed by atoms with E-state index in [2.05, 4.69) is 26.2 Å². The molecule has 0 aliphatic rings. The van der Waals surface area contributed by atoms with E-state index in [9.17, 15) is 0 Å². The highest BCUT2D eigenvalue weighted by molar-refractivity contribution is 9.10. The molecule has 0 spiro atoms. The molecule has 2 rings (SSSR count). The van der Waals surface area contributed by atoms with Crippen LogP contribution in [0.4, 0.5) is 5.69 Å². The van der Waals surface area contributed by atoms with Crippen LogP contribution in [0.15, 0.2) is 47.1 Å². The third kappa shape index (κ3) is 3.72. The van der Waals surface area contributed by atoms with Crippen LogP contribution < -0.4 is 5.32 Å². The number of rotatable bonds is 4. The average Bonchev–Trinajstić information content (AvgIpc) is 2.39. The summed E-state index contributed by atoms with van der Waals surface area (Å²) < 4.78 is 0.993. The molecule has 0 fully saturated rings. The Bertz CT molecular complexity index is 468. The molecule has 17 heavy (non-hydrogen) atoms. The summed E-state index contributed by atoms with van der Waals surface area (Å²) in [4.78, 5) is 4.30. The maximum absolute atomic E-state index is 5.73. The molecule has 1 aromatic carbocycles. The third-order valence-corrected chi connectivity index (χ3v) is 3.15. The van der Waals surface area contributed by atoms with Crippen molar-refractivity contribution in [2.75, 3.05) is 5.32 Å². The normalized spacial score (nSPS) is 10.2. The number of nitrogens with one attached hydrogen (secondary N) is 1. The molecule has 0 aliphatic heterocycles. The minimum absolute atomic E-state index is 0.550. The number of benzene rings is 1. The average molecular weight is 312 g/mol. The van der Waals surface area contributed by atoms with Gasteiger partial charge < -0.3 is 5.32 Å². The lowest BCUT2D eigenvalue weighted by atomic mass is 10.2. The van der Waals surface area contributed by atoms with E-state index in [1.54, 1.807) is 6.20 Å². The number of alkyl halides is 1. The molecule has 1 N–H and O–H groups in total. The maximum atomic E-state index is 5.73. The molecule has 1 heterocycles. The number of halogens is 2. The zero-order chi connectivity index (χ0) is 12.1. The van der Waals surface area contributed by atoms with Crippen molar-refractivity contribution in [3.8, 4) is 0 Å². The van der Waals surface area contributed by atoms with Gasteiger partial charge in [0, 0.05) is 22.2 Å². The molecule has 0 bridgehead atoms. The fourth-order valence-corrected chi connectivity index (χ4v) is 1.83. The molecule has 0 atom stereocenters. The number of anilines is 1. The molecular weight excluding hydrogens is 300 g/mol. The summed E-state index contributed by atoms with van der Waals surface area (Å²) >= 11 is 9.09. The van der Waals surface area contributed by atoms with Gasteiger partial charge in [-0.2, -0.15) is 0 Å². The highest BCUT2D eigenvalue weighted by atomic mass is 79.9. The first kappa shape index (κ1) is 12.4. The second kappa shape index (κ2) is 6.03. The number of pyridine rings is 1. The van der Waals surface area contributed by atoms with E-state index < -0.39 is 0 Å². The molecule has 1 aromatic heterocycles. The van der Waals surface area contributed by atoms with Crippen LogP contribution in [0.5, 0.6) is 0 Å². The Morgan fingerprint density at radius 2 is 1.88 bits per heavy atom. The molecule has 2 nitrogen and oxygen atoms in total. The zero-order valence-corrected chi connectivity index (χ0v) is 11.5. The van der Waals surface area contributed by atoms with Crippen LogP contribution in [0.2, 0.25) is 0 Å². The molecule has 0 unspecified atom stereocenters. The van der Waals surface area contributed by atoms with E-state index in [4.69, 9.17) is 11.6 Å². The van der Waals surface area contributed by atoms with Gasteiger partial charge in [-0.05, 0) is 45.8 Å². The Morgan fingerprint density at radius 1 is 1.12 bits per heavy atom. The van der Waals surface area contributed by atoms with Crippen molar-refractivity contribution in [3.05, 3.63) is 58.3 Å². The minimum atomic E-state index is 0.550. The van der Waals surface area contributed by atoms with E-state index >= 15 is 0 Å². The standard InChI is InChI=1S/C13H12BrClN2/c14-11-3-6-13(16-8-11)9-17-12-4-1-10(7-15)2-5-12/h1-6,8,17H,7,9H2. The van der Waals surface area contributed by atoms with Crippen molar-refractivity contribution in [1.29, 1.82) is 0 Å². The van der Waals surface area contributed by atoms with Crippen molar-refractivity contribution >= 4 is 33.2 Å². The Hall–Kier alpha value is -1.06. The monoisotopic (exact) mass is 310 g/mol. The van der Waals surface area contributed by atoms with E-state index in [-0.39, 0.29) is 0 Å². The highest BCUT2D eigenvalue weighted by Crippen LogP contribution is 2.13. The van der Waals surface area contributed by atoms with Gasteiger partial charge >= 0.3 is 0 Å². The first-order valence-corrected chi connectivity index (χ1v) is 6.60. The van der Waals surface area contributed by atoms with Crippen LogP contribution in [0.3, 0.4) is 0 Å². The summed E-state index contributed by atoms with van der Waals surface area (Å²) in [6.45, 7) is 0.716. The van der Waals surface area contributed by atoms with Gasteiger partial charge in [0.05, 0.1) is 12.2 Å². The van der Waals surface area contributed by atoms with Gasteiger partial charge in [-0.15, -0.1) is 11.6 Å². The van der Waals surface area contributed by atoms with Crippen LogP contribution in [0.25, 0.3) is 0 Å². The maximum Gasteiger partial charge on any atom is 0.0595 e.